The second-order valence-corrected chi connectivity index (χ2v) is 7.41. The van der Waals surface area contributed by atoms with Gasteiger partial charge in [0, 0.05) is 6.54 Å². The van der Waals surface area contributed by atoms with Crippen LogP contribution in [0.5, 0.6) is 0 Å². The number of nitrogens with one attached hydrogen (secondary N) is 2. The highest BCUT2D eigenvalue weighted by Gasteiger charge is 2.27. The summed E-state index contributed by atoms with van der Waals surface area (Å²) in [6.07, 6.45) is 0.206. The zero-order valence-electron chi connectivity index (χ0n) is 17.6. The average molecular weight is 388 g/mol. The predicted octanol–water partition coefficient (Wildman–Crippen LogP) is 3.48. The molecule has 6 heteroatoms. The van der Waals surface area contributed by atoms with Gasteiger partial charge in [-0.05, 0) is 57.9 Å². The fourth-order valence-corrected chi connectivity index (χ4v) is 2.66. The molecule has 6 nitrogen and oxygen atoms in total. The Morgan fingerprint density at radius 2 is 1.96 bits per heavy atom. The molecular formula is C22H33N3O3. The Bertz CT molecular complexity index is 766. The van der Waals surface area contributed by atoms with E-state index < -0.39 is 5.60 Å². The molecule has 1 aromatic heterocycles. The van der Waals surface area contributed by atoms with Crippen LogP contribution < -0.4 is 10.6 Å². The van der Waals surface area contributed by atoms with Crippen molar-refractivity contribution in [3.63, 3.8) is 0 Å². The molecule has 0 aliphatic rings. The summed E-state index contributed by atoms with van der Waals surface area (Å²) in [7, 11) is 0. The summed E-state index contributed by atoms with van der Waals surface area (Å²) in [6, 6.07) is 11.9. The molecule has 0 fully saturated rings. The minimum Gasteiger partial charge on any atom is -0.463 e. The smallest absolute Gasteiger partial charge is 0.191 e. The summed E-state index contributed by atoms with van der Waals surface area (Å²) in [5.74, 6) is 1.96. The standard InChI is InChI=1S/C22H33N3O3/c1-6-23-21(25-15-22(5,26)20-11-10-17(4)28-20)24-13-18-8-7-9-19(12-18)14-27-16(2)3/h7-12,16,26H,6,13-15H2,1-5H3,(H2,23,24,25). The van der Waals surface area contributed by atoms with Gasteiger partial charge in [-0.1, -0.05) is 24.3 Å². The number of hydrogen-bond acceptors (Lipinski definition) is 4. The van der Waals surface area contributed by atoms with Crippen LogP contribution in [0.4, 0.5) is 0 Å². The van der Waals surface area contributed by atoms with Gasteiger partial charge in [-0.3, -0.25) is 0 Å². The summed E-state index contributed by atoms with van der Waals surface area (Å²) < 4.78 is 11.2. The Morgan fingerprint density at radius 3 is 2.61 bits per heavy atom. The van der Waals surface area contributed by atoms with Gasteiger partial charge in [0.1, 0.15) is 17.1 Å². The fraction of sp³-hybridized carbons (Fsp3) is 0.500. The molecule has 154 valence electrons. The quantitative estimate of drug-likeness (QED) is 0.453. The van der Waals surface area contributed by atoms with Crippen LogP contribution in [0.3, 0.4) is 0 Å². The monoisotopic (exact) mass is 387 g/mol. The van der Waals surface area contributed by atoms with E-state index in [-0.39, 0.29) is 12.6 Å². The van der Waals surface area contributed by atoms with E-state index in [1.54, 1.807) is 13.0 Å². The lowest BCUT2D eigenvalue weighted by Crippen LogP contribution is -2.44. The van der Waals surface area contributed by atoms with Crippen molar-refractivity contribution in [2.24, 2.45) is 4.99 Å². The fourth-order valence-electron chi connectivity index (χ4n) is 2.66. The van der Waals surface area contributed by atoms with Gasteiger partial charge in [0.15, 0.2) is 5.96 Å². The number of furan rings is 1. The number of hydrogen-bond donors (Lipinski definition) is 3. The normalized spacial score (nSPS) is 14.2. The number of ether oxygens (including phenoxy) is 1. The molecule has 0 aliphatic carbocycles. The highest BCUT2D eigenvalue weighted by molar-refractivity contribution is 5.79. The molecule has 0 radical (unpaired) electrons. The van der Waals surface area contributed by atoms with Crippen molar-refractivity contribution in [1.82, 2.24) is 10.6 Å². The maximum absolute atomic E-state index is 10.7. The molecule has 0 saturated carbocycles. The van der Waals surface area contributed by atoms with Crippen LogP contribution in [-0.4, -0.2) is 30.3 Å². The van der Waals surface area contributed by atoms with Gasteiger partial charge in [0.25, 0.3) is 0 Å². The lowest BCUT2D eigenvalue weighted by molar-refractivity contribution is 0.0378. The highest BCUT2D eigenvalue weighted by Crippen LogP contribution is 2.21. The molecule has 2 aromatic rings. The summed E-state index contributed by atoms with van der Waals surface area (Å²) in [5, 5.41) is 17.1. The lowest BCUT2D eigenvalue weighted by atomic mass is 10.0. The van der Waals surface area contributed by atoms with Crippen molar-refractivity contribution < 1.29 is 14.3 Å². The molecule has 0 amide bonds. The molecule has 1 atom stereocenters. The molecule has 0 bridgehead atoms. The summed E-state index contributed by atoms with van der Waals surface area (Å²) in [5.41, 5.74) is 1.12. The van der Waals surface area contributed by atoms with Gasteiger partial charge in [-0.25, -0.2) is 4.99 Å². The van der Waals surface area contributed by atoms with E-state index in [1.165, 1.54) is 0 Å². The molecule has 3 N–H and O–H groups in total. The minimum absolute atomic E-state index is 0.206. The van der Waals surface area contributed by atoms with Gasteiger partial charge in [-0.15, -0.1) is 0 Å². The van der Waals surface area contributed by atoms with Crippen LogP contribution in [-0.2, 0) is 23.5 Å². The number of guanidine groups is 1. The van der Waals surface area contributed by atoms with Gasteiger partial charge >= 0.3 is 0 Å². The first-order chi connectivity index (χ1) is 13.3. The van der Waals surface area contributed by atoms with Crippen molar-refractivity contribution in [1.29, 1.82) is 0 Å². The van der Waals surface area contributed by atoms with Crippen molar-refractivity contribution in [2.45, 2.75) is 59.5 Å². The summed E-state index contributed by atoms with van der Waals surface area (Å²) >= 11 is 0. The molecule has 1 heterocycles. The van der Waals surface area contributed by atoms with Gasteiger partial charge in [0.05, 0.1) is 25.8 Å². The zero-order chi connectivity index (χ0) is 20.6. The van der Waals surface area contributed by atoms with Gasteiger partial charge in [-0.2, -0.15) is 0 Å². The minimum atomic E-state index is -1.13. The Morgan fingerprint density at radius 1 is 1.21 bits per heavy atom. The molecule has 28 heavy (non-hydrogen) atoms. The average Bonchev–Trinajstić information content (AvgIpc) is 3.10. The molecule has 0 spiro atoms. The third-order valence-corrected chi connectivity index (χ3v) is 4.21. The van der Waals surface area contributed by atoms with E-state index in [1.807, 2.05) is 45.9 Å². The van der Waals surface area contributed by atoms with E-state index in [0.29, 0.717) is 24.9 Å². The first-order valence-corrected chi connectivity index (χ1v) is 9.81. The second kappa shape index (κ2) is 10.3. The number of aryl methyl sites for hydroxylation is 1. The van der Waals surface area contributed by atoms with Crippen LogP contribution in [0.1, 0.15) is 50.3 Å². The first kappa shape index (κ1) is 22.0. The maximum Gasteiger partial charge on any atom is 0.191 e. The van der Waals surface area contributed by atoms with E-state index in [4.69, 9.17) is 9.15 Å². The highest BCUT2D eigenvalue weighted by atomic mass is 16.5. The third kappa shape index (κ3) is 7.02. The molecule has 2 rings (SSSR count). The number of aliphatic imine (C=N–C) groups is 1. The van der Waals surface area contributed by atoms with Gasteiger partial charge in [0.2, 0.25) is 0 Å². The lowest BCUT2D eigenvalue weighted by Gasteiger charge is -2.22. The SMILES string of the molecule is CCNC(=NCc1cccc(COC(C)C)c1)NCC(C)(O)c1ccc(C)o1. The molecular weight excluding hydrogens is 354 g/mol. The summed E-state index contributed by atoms with van der Waals surface area (Å²) in [4.78, 5) is 4.63. The first-order valence-electron chi connectivity index (χ1n) is 9.81. The number of aliphatic hydroxyl groups is 1. The second-order valence-electron chi connectivity index (χ2n) is 7.41. The molecule has 1 unspecified atom stereocenters. The van der Waals surface area contributed by atoms with E-state index in [0.717, 1.165) is 23.4 Å². The topological polar surface area (TPSA) is 79.0 Å². The van der Waals surface area contributed by atoms with Crippen LogP contribution >= 0.6 is 0 Å². The number of rotatable bonds is 9. The molecule has 0 saturated heterocycles. The maximum atomic E-state index is 10.7. The predicted molar refractivity (Wildman–Crippen MR) is 112 cm³/mol. The number of nitrogens with zero attached hydrogens (tertiary/aromatic N) is 1. The van der Waals surface area contributed by atoms with Crippen LogP contribution in [0.15, 0.2) is 45.8 Å². The van der Waals surface area contributed by atoms with Crippen molar-refractivity contribution >= 4 is 5.96 Å². The Balaban J connectivity index is 1.99. The van der Waals surface area contributed by atoms with E-state index in [9.17, 15) is 5.11 Å². The third-order valence-electron chi connectivity index (χ3n) is 4.21. The van der Waals surface area contributed by atoms with Crippen molar-refractivity contribution in [3.05, 3.63) is 59.0 Å². The van der Waals surface area contributed by atoms with E-state index in [2.05, 4.69) is 27.8 Å². The van der Waals surface area contributed by atoms with Crippen LogP contribution in [0, 0.1) is 6.92 Å². The van der Waals surface area contributed by atoms with Gasteiger partial charge < -0.3 is 24.9 Å². The van der Waals surface area contributed by atoms with Crippen molar-refractivity contribution in [3.8, 4) is 0 Å². The van der Waals surface area contributed by atoms with Crippen molar-refractivity contribution in [2.75, 3.05) is 13.1 Å². The molecule has 0 aliphatic heterocycles. The van der Waals surface area contributed by atoms with Crippen LogP contribution in [0.25, 0.3) is 0 Å². The molecule has 1 aromatic carbocycles. The summed E-state index contributed by atoms with van der Waals surface area (Å²) in [6.45, 7) is 11.8. The Hall–Kier alpha value is -2.31. The largest absolute Gasteiger partial charge is 0.463 e. The zero-order valence-corrected chi connectivity index (χ0v) is 17.6. The van der Waals surface area contributed by atoms with Crippen LogP contribution in [0.2, 0.25) is 0 Å². The number of benzene rings is 1. The Labute approximate surface area is 168 Å². The Kier molecular flexibility index (Phi) is 8.08. The van der Waals surface area contributed by atoms with E-state index >= 15 is 0 Å².